The lowest BCUT2D eigenvalue weighted by Crippen LogP contribution is -2.09. The number of anilines is 2. The van der Waals surface area contributed by atoms with E-state index in [9.17, 15) is 4.79 Å². The number of carbonyl (C=O) groups is 1. The fourth-order valence-corrected chi connectivity index (χ4v) is 2.78. The molecule has 1 heterocycles. The molecular formula is C22H17N5O3. The predicted molar refractivity (Wildman–Crippen MR) is 109 cm³/mol. The van der Waals surface area contributed by atoms with Crippen LogP contribution in [0.2, 0.25) is 0 Å². The molecule has 0 aliphatic carbocycles. The minimum absolute atomic E-state index is 0.0163. The first-order valence-electron chi connectivity index (χ1n) is 8.87. The van der Waals surface area contributed by atoms with Gasteiger partial charge in [0.05, 0.1) is 30.4 Å². The molecule has 2 aromatic carbocycles. The van der Waals surface area contributed by atoms with Crippen LogP contribution in [0.3, 0.4) is 0 Å². The van der Waals surface area contributed by atoms with E-state index in [4.69, 9.17) is 20.0 Å². The van der Waals surface area contributed by atoms with Crippen molar-refractivity contribution < 1.29 is 14.3 Å². The second-order valence-corrected chi connectivity index (χ2v) is 6.37. The van der Waals surface area contributed by atoms with Crippen molar-refractivity contribution in [1.82, 2.24) is 9.97 Å². The third-order valence-electron chi connectivity index (χ3n) is 4.16. The maximum absolute atomic E-state index is 12.1. The lowest BCUT2D eigenvalue weighted by molar-refractivity contribution is 0.0593. The average Bonchev–Trinajstić information content (AvgIpc) is 2.75. The summed E-state index contributed by atoms with van der Waals surface area (Å²) in [6.45, 7) is 3.64. The Morgan fingerprint density at radius 1 is 0.967 bits per heavy atom. The number of methoxy groups -OCH3 is 1. The van der Waals surface area contributed by atoms with Gasteiger partial charge in [-0.1, -0.05) is 0 Å². The van der Waals surface area contributed by atoms with Gasteiger partial charge < -0.3 is 14.8 Å². The number of aromatic nitrogens is 2. The summed E-state index contributed by atoms with van der Waals surface area (Å²) in [5, 5.41) is 21.0. The smallest absolute Gasteiger partial charge is 0.357 e. The lowest BCUT2D eigenvalue weighted by atomic mass is 10.1. The van der Waals surface area contributed by atoms with Crippen LogP contribution in [0.15, 0.2) is 42.5 Å². The van der Waals surface area contributed by atoms with Gasteiger partial charge in [-0.15, -0.1) is 0 Å². The highest BCUT2D eigenvalue weighted by molar-refractivity contribution is 5.88. The first kappa shape index (κ1) is 20.3. The van der Waals surface area contributed by atoms with Crippen LogP contribution in [0, 0.1) is 36.5 Å². The van der Waals surface area contributed by atoms with Crippen LogP contribution in [0.4, 0.5) is 11.6 Å². The summed E-state index contributed by atoms with van der Waals surface area (Å²) in [6, 6.07) is 15.6. The predicted octanol–water partition coefficient (Wildman–Crippen LogP) is 4.16. The number of hydrogen-bond acceptors (Lipinski definition) is 8. The molecule has 0 aliphatic rings. The third-order valence-corrected chi connectivity index (χ3v) is 4.16. The number of benzene rings is 2. The quantitative estimate of drug-likeness (QED) is 0.635. The zero-order valence-electron chi connectivity index (χ0n) is 16.6. The van der Waals surface area contributed by atoms with Gasteiger partial charge in [-0.05, 0) is 61.4 Å². The zero-order chi connectivity index (χ0) is 21.7. The van der Waals surface area contributed by atoms with Crippen LogP contribution in [0.1, 0.15) is 32.7 Å². The molecule has 0 saturated carbocycles. The molecule has 8 nitrogen and oxygen atoms in total. The van der Waals surface area contributed by atoms with Crippen LogP contribution in [-0.2, 0) is 4.74 Å². The van der Waals surface area contributed by atoms with E-state index in [1.807, 2.05) is 19.9 Å². The summed E-state index contributed by atoms with van der Waals surface area (Å²) < 4.78 is 10.7. The molecule has 30 heavy (non-hydrogen) atoms. The number of esters is 1. The molecule has 148 valence electrons. The van der Waals surface area contributed by atoms with Gasteiger partial charge in [0, 0.05) is 11.8 Å². The van der Waals surface area contributed by atoms with Crippen molar-refractivity contribution in [2.45, 2.75) is 13.8 Å². The van der Waals surface area contributed by atoms with Crippen LogP contribution in [0.5, 0.6) is 11.6 Å². The van der Waals surface area contributed by atoms with Crippen LogP contribution in [0.25, 0.3) is 0 Å². The molecule has 1 aromatic heterocycles. The number of rotatable bonds is 5. The highest BCUT2D eigenvalue weighted by Gasteiger charge is 2.16. The monoisotopic (exact) mass is 399 g/mol. The molecule has 0 bridgehead atoms. The standard InChI is InChI=1S/C22H17N5O3/c1-13-8-16(12-24)9-14(2)20(13)30-19-10-18(21(28)29-3)26-22(27-19)25-17-6-4-15(11-23)5-7-17/h4-10H,1-3H3,(H,25,26,27). The highest BCUT2D eigenvalue weighted by Crippen LogP contribution is 2.30. The molecule has 0 atom stereocenters. The molecular weight excluding hydrogens is 382 g/mol. The van der Waals surface area contributed by atoms with E-state index < -0.39 is 5.97 Å². The largest absolute Gasteiger partial charge is 0.464 e. The number of nitriles is 2. The molecule has 0 unspecified atom stereocenters. The van der Waals surface area contributed by atoms with E-state index in [1.165, 1.54) is 13.2 Å². The van der Waals surface area contributed by atoms with Gasteiger partial charge in [-0.3, -0.25) is 0 Å². The van der Waals surface area contributed by atoms with E-state index in [2.05, 4.69) is 21.4 Å². The van der Waals surface area contributed by atoms with Gasteiger partial charge in [0.1, 0.15) is 5.75 Å². The second kappa shape index (κ2) is 8.72. The van der Waals surface area contributed by atoms with Gasteiger partial charge in [0.15, 0.2) is 5.69 Å². The SMILES string of the molecule is COC(=O)c1cc(Oc2c(C)cc(C#N)cc2C)nc(Nc2ccc(C#N)cc2)n1. The number of ether oxygens (including phenoxy) is 2. The summed E-state index contributed by atoms with van der Waals surface area (Å²) in [5.41, 5.74) is 3.20. The number of hydrogen-bond donors (Lipinski definition) is 1. The van der Waals surface area contributed by atoms with E-state index in [-0.39, 0.29) is 17.5 Å². The van der Waals surface area contributed by atoms with Crippen molar-refractivity contribution in [3.05, 3.63) is 70.4 Å². The van der Waals surface area contributed by atoms with Gasteiger partial charge in [0.2, 0.25) is 11.8 Å². The molecule has 0 saturated heterocycles. The minimum Gasteiger partial charge on any atom is -0.464 e. The summed E-state index contributed by atoms with van der Waals surface area (Å²) in [4.78, 5) is 20.6. The van der Waals surface area contributed by atoms with Gasteiger partial charge in [-0.25, -0.2) is 9.78 Å². The molecule has 0 spiro atoms. The fourth-order valence-electron chi connectivity index (χ4n) is 2.78. The summed E-state index contributed by atoms with van der Waals surface area (Å²) in [5.74, 6) is 0.158. The number of nitrogens with one attached hydrogen (secondary N) is 1. The number of nitrogens with zero attached hydrogens (tertiary/aromatic N) is 4. The van der Waals surface area contributed by atoms with Crippen LogP contribution in [-0.4, -0.2) is 23.0 Å². The Bertz CT molecular complexity index is 1170. The molecule has 0 amide bonds. The molecule has 0 aliphatic heterocycles. The summed E-state index contributed by atoms with van der Waals surface area (Å²) in [6.07, 6.45) is 0. The fraction of sp³-hybridized carbons (Fsp3) is 0.136. The third kappa shape index (κ3) is 4.51. The lowest BCUT2D eigenvalue weighted by Gasteiger charge is -2.13. The second-order valence-electron chi connectivity index (χ2n) is 6.37. The van der Waals surface area contributed by atoms with Gasteiger partial charge >= 0.3 is 5.97 Å². The topological polar surface area (TPSA) is 121 Å². The molecule has 0 fully saturated rings. The minimum atomic E-state index is -0.640. The Morgan fingerprint density at radius 2 is 1.60 bits per heavy atom. The van der Waals surface area contributed by atoms with Crippen molar-refractivity contribution in [3.63, 3.8) is 0 Å². The Hall–Kier alpha value is -4.43. The zero-order valence-corrected chi connectivity index (χ0v) is 16.6. The first-order chi connectivity index (χ1) is 14.4. The Kier molecular flexibility index (Phi) is 5.90. The van der Waals surface area contributed by atoms with E-state index in [0.717, 1.165) is 11.1 Å². The van der Waals surface area contributed by atoms with E-state index in [0.29, 0.717) is 22.6 Å². The number of aryl methyl sites for hydroxylation is 2. The summed E-state index contributed by atoms with van der Waals surface area (Å²) in [7, 11) is 1.26. The van der Waals surface area contributed by atoms with Crippen molar-refractivity contribution >= 4 is 17.6 Å². The first-order valence-corrected chi connectivity index (χ1v) is 8.87. The molecule has 0 radical (unpaired) electrons. The normalized spacial score (nSPS) is 9.90. The van der Waals surface area contributed by atoms with Crippen molar-refractivity contribution in [1.29, 1.82) is 10.5 Å². The summed E-state index contributed by atoms with van der Waals surface area (Å²) >= 11 is 0. The molecule has 1 N–H and O–H groups in total. The maximum Gasteiger partial charge on any atom is 0.357 e. The van der Waals surface area contributed by atoms with Gasteiger partial charge in [-0.2, -0.15) is 15.5 Å². The van der Waals surface area contributed by atoms with Crippen molar-refractivity contribution in [2.75, 3.05) is 12.4 Å². The highest BCUT2D eigenvalue weighted by atomic mass is 16.5. The van der Waals surface area contributed by atoms with E-state index in [1.54, 1.807) is 36.4 Å². The van der Waals surface area contributed by atoms with Crippen LogP contribution >= 0.6 is 0 Å². The van der Waals surface area contributed by atoms with Crippen molar-refractivity contribution in [3.8, 4) is 23.8 Å². The van der Waals surface area contributed by atoms with Crippen molar-refractivity contribution in [2.24, 2.45) is 0 Å². The molecule has 3 aromatic rings. The van der Waals surface area contributed by atoms with Gasteiger partial charge in [0.25, 0.3) is 0 Å². The van der Waals surface area contributed by atoms with E-state index >= 15 is 0 Å². The molecule has 3 rings (SSSR count). The Labute approximate surface area is 173 Å². The molecule has 8 heteroatoms. The average molecular weight is 399 g/mol. The van der Waals surface area contributed by atoms with Crippen LogP contribution < -0.4 is 10.1 Å². The number of carbonyl (C=O) groups excluding carboxylic acids is 1. The Morgan fingerprint density at radius 3 is 2.17 bits per heavy atom. The maximum atomic E-state index is 12.1. The Balaban J connectivity index is 1.98.